The van der Waals surface area contributed by atoms with E-state index in [9.17, 15) is 4.79 Å². The number of anilines is 1. The number of aromatic nitrogens is 5. The highest BCUT2D eigenvalue weighted by Crippen LogP contribution is 2.30. The minimum Gasteiger partial charge on any atom is -0.380 e. The van der Waals surface area contributed by atoms with E-state index < -0.39 is 0 Å². The molecule has 8 nitrogen and oxygen atoms in total. The van der Waals surface area contributed by atoms with Crippen LogP contribution in [0.3, 0.4) is 0 Å². The second-order valence-electron chi connectivity index (χ2n) is 8.07. The lowest BCUT2D eigenvalue weighted by Crippen LogP contribution is -2.34. The number of fused-ring (bicyclic) bond motifs is 2. The lowest BCUT2D eigenvalue weighted by molar-refractivity contribution is 0.184. The van der Waals surface area contributed by atoms with Crippen LogP contribution in [0.1, 0.15) is 28.1 Å². The van der Waals surface area contributed by atoms with Crippen molar-refractivity contribution in [1.82, 2.24) is 24.6 Å². The molecule has 162 valence electrons. The molecule has 0 saturated carbocycles. The monoisotopic (exact) mass is 428 g/mol. The molecule has 0 amide bonds. The van der Waals surface area contributed by atoms with Crippen molar-refractivity contribution < 1.29 is 4.74 Å². The smallest absolute Gasteiger partial charge is 0.274 e. The summed E-state index contributed by atoms with van der Waals surface area (Å²) in [6.07, 6.45) is 6.12. The highest BCUT2D eigenvalue weighted by Gasteiger charge is 2.24. The molecule has 1 aliphatic rings. The lowest BCUT2D eigenvalue weighted by Gasteiger charge is -2.31. The Kier molecular flexibility index (Phi) is 5.14. The second kappa shape index (κ2) is 8.12. The predicted octanol–water partition coefficient (Wildman–Crippen LogP) is 2.87. The van der Waals surface area contributed by atoms with Crippen LogP contribution in [-0.2, 0) is 24.3 Å². The summed E-state index contributed by atoms with van der Waals surface area (Å²) < 4.78 is 6.86. The molecule has 0 atom stereocenters. The number of rotatable bonds is 4. The number of hydrogen-bond acceptors (Lipinski definition) is 7. The molecule has 0 aromatic carbocycles. The van der Waals surface area contributed by atoms with Crippen molar-refractivity contribution in [2.24, 2.45) is 0 Å². The zero-order valence-corrected chi connectivity index (χ0v) is 18.4. The summed E-state index contributed by atoms with van der Waals surface area (Å²) in [5, 5.41) is 4.70. The van der Waals surface area contributed by atoms with Gasteiger partial charge in [-0.25, -0.2) is 4.98 Å². The Bertz CT molecular complexity index is 1360. The van der Waals surface area contributed by atoms with Gasteiger partial charge in [0.05, 0.1) is 6.61 Å². The fraction of sp³-hybridized carbons (Fsp3) is 0.292. The molecule has 0 radical (unpaired) electrons. The first kappa shape index (κ1) is 20.3. The standard InChI is InChI=1S/C24H24N6O2/c1-15-4-5-17(11-26-15)18-10-19-13-29(9-7-21(19)27-12-18)24-20(14-32-3)16(2)23-25-8-6-22(31)30(23)28-24/h4-6,8,10-12H,7,9,13-14H2,1-3H3. The van der Waals surface area contributed by atoms with Gasteiger partial charge in [-0.15, -0.1) is 5.10 Å². The number of hydrogen-bond donors (Lipinski definition) is 0. The Morgan fingerprint density at radius 1 is 1.06 bits per heavy atom. The van der Waals surface area contributed by atoms with Gasteiger partial charge in [-0.2, -0.15) is 4.52 Å². The van der Waals surface area contributed by atoms with Crippen LogP contribution in [-0.4, -0.2) is 38.2 Å². The van der Waals surface area contributed by atoms with E-state index >= 15 is 0 Å². The highest BCUT2D eigenvalue weighted by atomic mass is 16.5. The fourth-order valence-corrected chi connectivity index (χ4v) is 4.19. The molecule has 32 heavy (non-hydrogen) atoms. The molecular formula is C24H24N6O2. The van der Waals surface area contributed by atoms with Crippen LogP contribution < -0.4 is 10.5 Å². The molecule has 0 unspecified atom stereocenters. The van der Waals surface area contributed by atoms with Crippen molar-refractivity contribution >= 4 is 11.5 Å². The van der Waals surface area contributed by atoms with Gasteiger partial charge in [-0.05, 0) is 31.5 Å². The van der Waals surface area contributed by atoms with Crippen molar-refractivity contribution in [3.05, 3.63) is 81.3 Å². The third kappa shape index (κ3) is 3.52. The molecule has 0 bridgehead atoms. The number of pyridine rings is 2. The van der Waals surface area contributed by atoms with Gasteiger partial charge in [0.1, 0.15) is 0 Å². The topological polar surface area (TPSA) is 85.5 Å². The first-order valence-electron chi connectivity index (χ1n) is 10.6. The normalized spacial score (nSPS) is 13.4. The molecule has 0 N–H and O–H groups in total. The minimum absolute atomic E-state index is 0.198. The zero-order valence-electron chi connectivity index (χ0n) is 18.4. The van der Waals surface area contributed by atoms with Gasteiger partial charge >= 0.3 is 0 Å². The number of nitrogens with zero attached hydrogens (tertiary/aromatic N) is 6. The molecule has 5 heterocycles. The summed E-state index contributed by atoms with van der Waals surface area (Å²) in [5.41, 5.74) is 7.51. The van der Waals surface area contributed by atoms with Gasteiger partial charge < -0.3 is 9.64 Å². The first-order valence-corrected chi connectivity index (χ1v) is 10.6. The Balaban J connectivity index is 1.57. The van der Waals surface area contributed by atoms with Crippen molar-refractivity contribution in [1.29, 1.82) is 0 Å². The van der Waals surface area contributed by atoms with Crippen LogP contribution in [0.15, 0.2) is 47.7 Å². The maximum absolute atomic E-state index is 12.5. The van der Waals surface area contributed by atoms with Crippen molar-refractivity contribution in [3.8, 4) is 11.1 Å². The van der Waals surface area contributed by atoms with E-state index in [0.29, 0.717) is 18.8 Å². The van der Waals surface area contributed by atoms with Crippen molar-refractivity contribution in [2.45, 2.75) is 33.4 Å². The average Bonchev–Trinajstić information content (AvgIpc) is 2.81. The van der Waals surface area contributed by atoms with Crippen molar-refractivity contribution in [2.75, 3.05) is 18.6 Å². The SMILES string of the molecule is COCc1c(N2CCc3ncc(-c4ccc(C)nc4)cc3C2)nn2c(=O)ccnc2c1C. The van der Waals surface area contributed by atoms with Gasteiger partial charge in [-0.3, -0.25) is 14.8 Å². The van der Waals surface area contributed by atoms with Gasteiger partial charge in [-0.1, -0.05) is 6.07 Å². The predicted molar refractivity (Wildman–Crippen MR) is 122 cm³/mol. The lowest BCUT2D eigenvalue weighted by atomic mass is 10.0. The quantitative estimate of drug-likeness (QED) is 0.494. The number of methoxy groups -OCH3 is 1. The molecule has 1 aliphatic heterocycles. The maximum Gasteiger partial charge on any atom is 0.274 e. The minimum atomic E-state index is -0.198. The zero-order chi connectivity index (χ0) is 22.2. The van der Waals surface area contributed by atoms with E-state index in [1.165, 1.54) is 16.8 Å². The number of ether oxygens (including phenoxy) is 1. The molecule has 0 spiro atoms. The molecule has 4 aromatic rings. The molecule has 0 aliphatic carbocycles. The van der Waals surface area contributed by atoms with Gasteiger partial charge in [0, 0.05) is 84.9 Å². The Labute approximate surface area is 185 Å². The summed E-state index contributed by atoms with van der Waals surface area (Å²) in [5.74, 6) is 0.750. The van der Waals surface area contributed by atoms with Crippen LogP contribution in [0, 0.1) is 13.8 Å². The summed E-state index contributed by atoms with van der Waals surface area (Å²) in [4.78, 5) is 28.1. The third-order valence-electron chi connectivity index (χ3n) is 5.95. The molecule has 0 fully saturated rings. The molecule has 8 heteroatoms. The molecule has 5 rings (SSSR count). The second-order valence-corrected chi connectivity index (χ2v) is 8.07. The Morgan fingerprint density at radius 2 is 1.91 bits per heavy atom. The summed E-state index contributed by atoms with van der Waals surface area (Å²) in [7, 11) is 1.66. The van der Waals surface area contributed by atoms with Gasteiger partial charge in [0.2, 0.25) is 0 Å². The number of aryl methyl sites for hydroxylation is 2. The fourth-order valence-electron chi connectivity index (χ4n) is 4.19. The van der Waals surface area contributed by atoms with Crippen LogP contribution in [0.2, 0.25) is 0 Å². The molecule has 4 aromatic heterocycles. The van der Waals surface area contributed by atoms with E-state index in [-0.39, 0.29) is 5.56 Å². The largest absolute Gasteiger partial charge is 0.380 e. The summed E-state index contributed by atoms with van der Waals surface area (Å²) in [6, 6.07) is 7.68. The first-order chi connectivity index (χ1) is 15.5. The Morgan fingerprint density at radius 3 is 2.69 bits per heavy atom. The van der Waals surface area contributed by atoms with Crippen LogP contribution >= 0.6 is 0 Å². The van der Waals surface area contributed by atoms with E-state index in [2.05, 4.69) is 27.0 Å². The summed E-state index contributed by atoms with van der Waals surface area (Å²) >= 11 is 0. The van der Waals surface area contributed by atoms with E-state index in [4.69, 9.17) is 14.8 Å². The van der Waals surface area contributed by atoms with Gasteiger partial charge in [0.25, 0.3) is 5.56 Å². The van der Waals surface area contributed by atoms with Crippen LogP contribution in [0.25, 0.3) is 16.8 Å². The Hall–Kier alpha value is -3.65. The van der Waals surface area contributed by atoms with Gasteiger partial charge in [0.15, 0.2) is 11.5 Å². The van der Waals surface area contributed by atoms with Crippen LogP contribution in [0.5, 0.6) is 0 Å². The maximum atomic E-state index is 12.5. The highest BCUT2D eigenvalue weighted by molar-refractivity contribution is 5.64. The van der Waals surface area contributed by atoms with Crippen molar-refractivity contribution in [3.63, 3.8) is 0 Å². The van der Waals surface area contributed by atoms with E-state index in [1.54, 1.807) is 7.11 Å². The van der Waals surface area contributed by atoms with E-state index in [1.807, 2.05) is 32.3 Å². The average molecular weight is 428 g/mol. The molecular weight excluding hydrogens is 404 g/mol. The third-order valence-corrected chi connectivity index (χ3v) is 5.95. The summed E-state index contributed by atoms with van der Waals surface area (Å²) in [6.45, 7) is 5.74. The van der Waals surface area contributed by atoms with Crippen LogP contribution in [0.4, 0.5) is 5.82 Å². The molecule has 0 saturated heterocycles. The van der Waals surface area contributed by atoms with E-state index in [0.717, 1.165) is 58.0 Å².